The van der Waals surface area contributed by atoms with Crippen LogP contribution in [0.3, 0.4) is 0 Å². The first-order chi connectivity index (χ1) is 15.9. The minimum atomic E-state index is -3.49. The van der Waals surface area contributed by atoms with Gasteiger partial charge in [0.15, 0.2) is 21.3 Å². The van der Waals surface area contributed by atoms with E-state index < -0.39 is 27.0 Å². The predicted octanol–water partition coefficient (Wildman–Crippen LogP) is 2.68. The second-order valence-corrected chi connectivity index (χ2v) is 10.8. The molecular weight excluding hydrogens is 459 g/mol. The Kier molecular flexibility index (Phi) is 9.25. The highest BCUT2D eigenvalue weighted by Crippen LogP contribution is 2.23. The summed E-state index contributed by atoms with van der Waals surface area (Å²) in [5.41, 5.74) is 9.34. The molecule has 34 heavy (non-hydrogen) atoms. The van der Waals surface area contributed by atoms with Crippen LogP contribution in [-0.4, -0.2) is 73.2 Å². The average molecular weight is 493 g/mol. The van der Waals surface area contributed by atoms with Crippen molar-refractivity contribution in [3.05, 3.63) is 48.1 Å². The van der Waals surface area contributed by atoms with E-state index in [0.717, 1.165) is 0 Å². The number of carbonyl (C=O) groups is 1. The van der Waals surface area contributed by atoms with Crippen LogP contribution < -0.4 is 11.2 Å². The highest BCUT2D eigenvalue weighted by molar-refractivity contribution is 7.92. The predicted molar refractivity (Wildman–Crippen MR) is 131 cm³/mol. The Morgan fingerprint density at radius 1 is 1.21 bits per heavy atom. The summed E-state index contributed by atoms with van der Waals surface area (Å²) in [5.74, 6) is -0.936. The molecule has 2 unspecified atom stereocenters. The lowest BCUT2D eigenvalue weighted by Crippen LogP contribution is -2.44. The number of nitrogens with zero attached hydrogens (tertiary/aromatic N) is 4. The topological polar surface area (TPSA) is 122 Å². The summed E-state index contributed by atoms with van der Waals surface area (Å²) in [4.78, 5) is 23.1. The van der Waals surface area contributed by atoms with E-state index in [4.69, 9.17) is 5.73 Å². The standard InChI is InChI=1S/C23H33FN6O3S/c1-7-18(24)12-15(2)30(6)28-23(31)21-22(25)26-13-20(27-21)17-8-10-19(11-9-17)34(32,33)16(3)14-29(4)5/h8-13,15-16H,7,14H2,1-6H3,(H2,25,26)(H,28,31)/b18-12+. The van der Waals surface area contributed by atoms with Crippen molar-refractivity contribution in [1.82, 2.24) is 25.3 Å². The van der Waals surface area contributed by atoms with E-state index in [1.165, 1.54) is 29.4 Å². The number of carbonyl (C=O) groups excluding carboxylic acids is 1. The number of benzene rings is 1. The molecule has 0 saturated heterocycles. The third-order valence-electron chi connectivity index (χ3n) is 5.30. The summed E-state index contributed by atoms with van der Waals surface area (Å²) in [7, 11) is 1.75. The van der Waals surface area contributed by atoms with E-state index in [9.17, 15) is 17.6 Å². The average Bonchev–Trinajstić information content (AvgIpc) is 2.78. The Morgan fingerprint density at radius 3 is 2.38 bits per heavy atom. The zero-order valence-electron chi connectivity index (χ0n) is 20.4. The zero-order valence-corrected chi connectivity index (χ0v) is 21.2. The number of amides is 1. The molecular formula is C23H33FN6O3S. The largest absolute Gasteiger partial charge is 0.382 e. The van der Waals surface area contributed by atoms with E-state index in [0.29, 0.717) is 17.8 Å². The molecule has 1 aromatic carbocycles. The molecule has 2 aromatic rings. The van der Waals surface area contributed by atoms with Crippen molar-refractivity contribution in [3.63, 3.8) is 0 Å². The molecule has 0 radical (unpaired) electrons. The molecule has 1 amide bonds. The summed E-state index contributed by atoms with van der Waals surface area (Å²) in [5, 5.41) is 0.875. The minimum Gasteiger partial charge on any atom is -0.382 e. The SMILES string of the molecule is CC/C(F)=C\C(C)N(C)NC(=O)c1nc(-c2ccc(S(=O)(=O)C(C)CN(C)C)cc2)cnc1N. The molecule has 186 valence electrons. The zero-order chi connectivity index (χ0) is 25.6. The highest BCUT2D eigenvalue weighted by atomic mass is 32.2. The van der Waals surface area contributed by atoms with Crippen molar-refractivity contribution >= 4 is 21.6 Å². The van der Waals surface area contributed by atoms with Gasteiger partial charge in [0.25, 0.3) is 5.91 Å². The number of aromatic nitrogens is 2. The fourth-order valence-electron chi connectivity index (χ4n) is 3.17. The lowest BCUT2D eigenvalue weighted by Gasteiger charge is -2.23. The second-order valence-electron chi connectivity index (χ2n) is 8.39. The van der Waals surface area contributed by atoms with Crippen LogP contribution in [0, 0.1) is 0 Å². The molecule has 0 bridgehead atoms. The summed E-state index contributed by atoms with van der Waals surface area (Å²) in [6, 6.07) is 5.86. The number of nitrogens with one attached hydrogen (secondary N) is 1. The fourth-order valence-corrected chi connectivity index (χ4v) is 4.65. The van der Waals surface area contributed by atoms with Crippen molar-refractivity contribution in [2.75, 3.05) is 33.4 Å². The molecule has 0 fully saturated rings. The molecule has 11 heteroatoms. The van der Waals surface area contributed by atoms with Gasteiger partial charge < -0.3 is 10.6 Å². The first-order valence-electron chi connectivity index (χ1n) is 10.9. The van der Waals surface area contributed by atoms with Gasteiger partial charge in [-0.05, 0) is 52.6 Å². The molecule has 1 heterocycles. The number of rotatable bonds is 10. The van der Waals surface area contributed by atoms with Gasteiger partial charge in [-0.2, -0.15) is 0 Å². The van der Waals surface area contributed by atoms with E-state index in [1.54, 1.807) is 40.0 Å². The summed E-state index contributed by atoms with van der Waals surface area (Å²) >= 11 is 0. The number of hydrazine groups is 1. The maximum absolute atomic E-state index is 13.5. The molecule has 1 aromatic heterocycles. The summed E-state index contributed by atoms with van der Waals surface area (Å²) in [6.45, 7) is 5.51. The molecule has 0 aliphatic carbocycles. The van der Waals surface area contributed by atoms with Crippen molar-refractivity contribution in [2.24, 2.45) is 0 Å². The van der Waals surface area contributed by atoms with Gasteiger partial charge >= 0.3 is 0 Å². The quantitative estimate of drug-likeness (QED) is 0.486. The molecule has 0 spiro atoms. The van der Waals surface area contributed by atoms with Gasteiger partial charge in [-0.3, -0.25) is 10.2 Å². The lowest BCUT2D eigenvalue weighted by molar-refractivity contribution is 0.0796. The number of hydrogen-bond donors (Lipinski definition) is 2. The fraction of sp³-hybridized carbons (Fsp3) is 0.435. The molecule has 0 saturated carbocycles. The second kappa shape index (κ2) is 11.5. The number of nitrogen functional groups attached to an aromatic ring is 1. The Labute approximate surface area is 200 Å². The number of hydrogen-bond acceptors (Lipinski definition) is 8. The van der Waals surface area contributed by atoms with Gasteiger partial charge in [-0.25, -0.2) is 27.8 Å². The smallest absolute Gasteiger partial charge is 0.288 e. The van der Waals surface area contributed by atoms with Crippen LogP contribution in [0.2, 0.25) is 0 Å². The van der Waals surface area contributed by atoms with Crippen LogP contribution in [0.1, 0.15) is 37.7 Å². The van der Waals surface area contributed by atoms with Crippen molar-refractivity contribution in [3.8, 4) is 11.3 Å². The van der Waals surface area contributed by atoms with Crippen LogP contribution in [0.15, 0.2) is 47.3 Å². The summed E-state index contributed by atoms with van der Waals surface area (Å²) < 4.78 is 39.1. The van der Waals surface area contributed by atoms with Crippen LogP contribution >= 0.6 is 0 Å². The van der Waals surface area contributed by atoms with Gasteiger partial charge in [0.2, 0.25) is 0 Å². The van der Waals surface area contributed by atoms with Crippen LogP contribution in [-0.2, 0) is 9.84 Å². The van der Waals surface area contributed by atoms with Crippen LogP contribution in [0.5, 0.6) is 0 Å². The lowest BCUT2D eigenvalue weighted by atomic mass is 10.1. The Morgan fingerprint density at radius 2 is 1.82 bits per heavy atom. The van der Waals surface area contributed by atoms with Crippen molar-refractivity contribution in [2.45, 2.75) is 43.4 Å². The van der Waals surface area contributed by atoms with Crippen molar-refractivity contribution < 1.29 is 17.6 Å². The minimum absolute atomic E-state index is 0.0608. The number of sulfone groups is 1. The normalized spacial score (nSPS) is 14.3. The molecule has 2 atom stereocenters. The summed E-state index contributed by atoms with van der Waals surface area (Å²) in [6.07, 6.45) is 3.08. The monoisotopic (exact) mass is 492 g/mol. The van der Waals surface area contributed by atoms with Gasteiger partial charge in [0, 0.05) is 25.2 Å². The van der Waals surface area contributed by atoms with E-state index in [-0.39, 0.29) is 28.7 Å². The maximum Gasteiger partial charge on any atom is 0.288 e. The third kappa shape index (κ3) is 6.81. The van der Waals surface area contributed by atoms with Crippen molar-refractivity contribution in [1.29, 1.82) is 0 Å². The van der Waals surface area contributed by atoms with Gasteiger partial charge in [-0.1, -0.05) is 19.1 Å². The first-order valence-corrected chi connectivity index (χ1v) is 12.4. The van der Waals surface area contributed by atoms with Crippen LogP contribution in [0.4, 0.5) is 10.2 Å². The highest BCUT2D eigenvalue weighted by Gasteiger charge is 2.24. The molecule has 9 nitrogen and oxygen atoms in total. The number of allylic oxidation sites excluding steroid dienone is 1. The Balaban J connectivity index is 2.25. The molecule has 0 aliphatic heterocycles. The van der Waals surface area contributed by atoms with E-state index in [2.05, 4.69) is 15.4 Å². The first kappa shape index (κ1) is 27.4. The Hall–Kier alpha value is -2.89. The van der Waals surface area contributed by atoms with Crippen LogP contribution in [0.25, 0.3) is 11.3 Å². The van der Waals surface area contributed by atoms with Gasteiger partial charge in [0.05, 0.1) is 27.9 Å². The number of halogens is 1. The third-order valence-corrected chi connectivity index (χ3v) is 7.43. The molecule has 0 aliphatic rings. The van der Waals surface area contributed by atoms with E-state index >= 15 is 0 Å². The van der Waals surface area contributed by atoms with E-state index in [1.807, 2.05) is 19.0 Å². The molecule has 3 N–H and O–H groups in total. The number of nitrogens with two attached hydrogens (primary N) is 1. The number of likely N-dealkylation sites (N-methyl/N-ethyl adjacent to an activating group) is 1. The molecule has 2 rings (SSSR count). The van der Waals surface area contributed by atoms with Gasteiger partial charge in [0.1, 0.15) is 0 Å². The number of anilines is 1. The Bertz CT molecular complexity index is 1140. The van der Waals surface area contributed by atoms with Gasteiger partial charge in [-0.15, -0.1) is 0 Å². The maximum atomic E-state index is 13.5.